The molecular weight excluding hydrogens is 210 g/mol. The van der Waals surface area contributed by atoms with Crippen LogP contribution in [0.4, 0.5) is 11.6 Å². The van der Waals surface area contributed by atoms with Crippen LogP contribution < -0.4 is 0 Å². The van der Waals surface area contributed by atoms with Crippen LogP contribution in [0, 0.1) is 10.1 Å². The second-order valence-corrected chi connectivity index (χ2v) is 2.90. The molecule has 1 aromatic carbocycles. The first-order valence-electron chi connectivity index (χ1n) is 4.41. The minimum absolute atomic E-state index is 0.0335. The van der Waals surface area contributed by atoms with Gasteiger partial charge in [0.1, 0.15) is 0 Å². The van der Waals surface area contributed by atoms with Crippen molar-refractivity contribution in [1.29, 1.82) is 0 Å². The van der Waals surface area contributed by atoms with E-state index in [-0.39, 0.29) is 11.6 Å². The highest BCUT2D eigenvalue weighted by Crippen LogP contribution is 2.19. The lowest BCUT2D eigenvalue weighted by molar-refractivity contribution is -0.388. The highest BCUT2D eigenvalue weighted by Gasteiger charge is 2.17. The van der Waals surface area contributed by atoms with Gasteiger partial charge < -0.3 is 10.1 Å². The molecule has 80 valence electrons. The molecule has 0 saturated heterocycles. The monoisotopic (exact) mass is 217 g/mol. The minimum Gasteiger partial charge on any atom is -0.358 e. The summed E-state index contributed by atoms with van der Waals surface area (Å²) in [6.07, 6.45) is 1.49. The molecule has 0 radical (unpaired) electrons. The zero-order valence-corrected chi connectivity index (χ0v) is 8.07. The number of nitro groups is 1. The number of H-pyrrole nitrogens is 1. The number of nitrogens with one attached hydrogen (secondary N) is 1. The number of aliphatic imine (C=N–C) groups is 1. The summed E-state index contributed by atoms with van der Waals surface area (Å²) in [5.74, 6) is -0.416. The third kappa shape index (κ3) is 2.08. The maximum atomic E-state index is 10.5. The van der Waals surface area contributed by atoms with Crippen molar-refractivity contribution in [3.8, 4) is 0 Å². The summed E-state index contributed by atoms with van der Waals surface area (Å²) >= 11 is 0. The molecule has 16 heavy (non-hydrogen) atoms. The molecule has 0 aliphatic rings. The number of aromatic amines is 1. The van der Waals surface area contributed by atoms with Gasteiger partial charge in [-0.3, -0.25) is 0 Å². The lowest BCUT2D eigenvalue weighted by Crippen LogP contribution is -1.88. The number of rotatable bonds is 3. The molecule has 1 N–H and O–H groups in total. The number of nitrogens with zero attached hydrogens (tertiary/aromatic N) is 4. The Morgan fingerprint density at radius 3 is 2.75 bits per heavy atom. The Morgan fingerprint density at radius 1 is 1.31 bits per heavy atom. The predicted octanol–water partition coefficient (Wildman–Crippen LogP) is 1.46. The molecule has 2 aromatic rings. The SMILES string of the molecule is O=[N+]([O-])c1n[nH]nc1N=Cc1ccccc1. The van der Waals surface area contributed by atoms with Crippen molar-refractivity contribution in [2.75, 3.05) is 0 Å². The average molecular weight is 217 g/mol. The molecule has 7 nitrogen and oxygen atoms in total. The van der Waals surface area contributed by atoms with Gasteiger partial charge in [0.2, 0.25) is 0 Å². The molecule has 0 atom stereocenters. The Balaban J connectivity index is 2.24. The Morgan fingerprint density at radius 2 is 2.06 bits per heavy atom. The molecule has 1 aromatic heterocycles. The maximum Gasteiger partial charge on any atom is 0.436 e. The summed E-state index contributed by atoms with van der Waals surface area (Å²) in [5, 5.41) is 19.6. The molecule has 0 unspecified atom stereocenters. The van der Waals surface area contributed by atoms with Crippen LogP contribution in [0.15, 0.2) is 35.3 Å². The fraction of sp³-hybridized carbons (Fsp3) is 0. The van der Waals surface area contributed by atoms with Crippen molar-refractivity contribution in [3.63, 3.8) is 0 Å². The highest BCUT2D eigenvalue weighted by atomic mass is 16.6. The molecule has 0 aliphatic heterocycles. The Hall–Kier alpha value is -2.57. The molecule has 1 heterocycles. The molecule has 0 aliphatic carbocycles. The Kier molecular flexibility index (Phi) is 2.68. The highest BCUT2D eigenvalue weighted by molar-refractivity contribution is 5.82. The van der Waals surface area contributed by atoms with E-state index in [0.29, 0.717) is 0 Å². The molecule has 0 spiro atoms. The third-order valence-electron chi connectivity index (χ3n) is 1.82. The summed E-state index contributed by atoms with van der Waals surface area (Å²) in [4.78, 5) is 13.8. The van der Waals surface area contributed by atoms with Crippen LogP contribution in [-0.2, 0) is 0 Å². The van der Waals surface area contributed by atoms with E-state index in [2.05, 4.69) is 20.4 Å². The Labute approximate surface area is 90.0 Å². The maximum absolute atomic E-state index is 10.5. The second-order valence-electron chi connectivity index (χ2n) is 2.90. The number of benzene rings is 1. The van der Waals surface area contributed by atoms with E-state index < -0.39 is 4.92 Å². The summed E-state index contributed by atoms with van der Waals surface area (Å²) in [7, 11) is 0. The van der Waals surface area contributed by atoms with E-state index in [1.807, 2.05) is 30.3 Å². The van der Waals surface area contributed by atoms with Gasteiger partial charge in [-0.15, -0.1) is 5.10 Å². The number of aromatic nitrogens is 3. The zero-order chi connectivity index (χ0) is 11.4. The first-order chi connectivity index (χ1) is 7.77. The summed E-state index contributed by atoms with van der Waals surface area (Å²) in [5.41, 5.74) is 0.833. The van der Waals surface area contributed by atoms with E-state index in [0.717, 1.165) is 5.56 Å². The lowest BCUT2D eigenvalue weighted by atomic mass is 10.2. The summed E-state index contributed by atoms with van der Waals surface area (Å²) in [6, 6.07) is 9.22. The molecule has 7 heteroatoms. The first-order valence-corrected chi connectivity index (χ1v) is 4.41. The van der Waals surface area contributed by atoms with Crippen molar-refractivity contribution in [3.05, 3.63) is 46.0 Å². The second kappa shape index (κ2) is 4.30. The lowest BCUT2D eigenvalue weighted by Gasteiger charge is -1.89. The van der Waals surface area contributed by atoms with Gasteiger partial charge in [-0.25, -0.2) is 4.99 Å². The van der Waals surface area contributed by atoms with Gasteiger partial charge in [0.15, 0.2) is 0 Å². The van der Waals surface area contributed by atoms with Crippen LogP contribution in [0.25, 0.3) is 0 Å². The van der Waals surface area contributed by atoms with Crippen LogP contribution in [0.5, 0.6) is 0 Å². The standard InChI is InChI=1S/C9H7N5O2/c15-14(16)9-8(11-13-12-9)10-6-7-4-2-1-3-5-7/h1-6H,(H,11,12,13). The van der Waals surface area contributed by atoms with Crippen molar-refractivity contribution in [2.24, 2.45) is 4.99 Å². The van der Waals surface area contributed by atoms with Gasteiger partial charge in [-0.05, 0) is 10.5 Å². The molecule has 0 fully saturated rings. The van der Waals surface area contributed by atoms with E-state index in [1.54, 1.807) is 0 Å². The first kappa shape index (κ1) is 9.97. The van der Waals surface area contributed by atoms with E-state index >= 15 is 0 Å². The van der Waals surface area contributed by atoms with E-state index in [4.69, 9.17) is 0 Å². The average Bonchev–Trinajstić information content (AvgIpc) is 2.76. The van der Waals surface area contributed by atoms with Crippen LogP contribution in [0.2, 0.25) is 0 Å². The molecular formula is C9H7N5O2. The largest absolute Gasteiger partial charge is 0.436 e. The van der Waals surface area contributed by atoms with Crippen molar-refractivity contribution < 1.29 is 4.92 Å². The van der Waals surface area contributed by atoms with Gasteiger partial charge in [0, 0.05) is 6.21 Å². The minimum atomic E-state index is -0.638. The van der Waals surface area contributed by atoms with Crippen LogP contribution in [0.3, 0.4) is 0 Å². The van der Waals surface area contributed by atoms with Gasteiger partial charge in [-0.2, -0.15) is 0 Å². The summed E-state index contributed by atoms with van der Waals surface area (Å²) in [6.45, 7) is 0. The van der Waals surface area contributed by atoms with Crippen molar-refractivity contribution in [2.45, 2.75) is 0 Å². The van der Waals surface area contributed by atoms with Crippen molar-refractivity contribution in [1.82, 2.24) is 15.4 Å². The van der Waals surface area contributed by atoms with Gasteiger partial charge in [0.05, 0.1) is 5.10 Å². The smallest absolute Gasteiger partial charge is 0.358 e. The molecule has 0 saturated carbocycles. The van der Waals surface area contributed by atoms with Crippen LogP contribution in [0.1, 0.15) is 5.56 Å². The summed E-state index contributed by atoms with van der Waals surface area (Å²) < 4.78 is 0. The zero-order valence-electron chi connectivity index (χ0n) is 8.07. The van der Waals surface area contributed by atoms with Gasteiger partial charge in [0.25, 0.3) is 5.82 Å². The topological polar surface area (TPSA) is 97.1 Å². The molecule has 2 rings (SSSR count). The van der Waals surface area contributed by atoms with Gasteiger partial charge in [-0.1, -0.05) is 35.5 Å². The fourth-order valence-electron chi connectivity index (χ4n) is 1.10. The van der Waals surface area contributed by atoms with Crippen LogP contribution in [-0.4, -0.2) is 26.5 Å². The number of hydrogen-bond donors (Lipinski definition) is 1. The third-order valence-corrected chi connectivity index (χ3v) is 1.82. The quantitative estimate of drug-likeness (QED) is 0.478. The molecule has 0 bridgehead atoms. The van der Waals surface area contributed by atoms with Gasteiger partial charge >= 0.3 is 5.82 Å². The van der Waals surface area contributed by atoms with Crippen LogP contribution >= 0.6 is 0 Å². The Bertz CT molecular complexity index is 520. The van der Waals surface area contributed by atoms with E-state index in [9.17, 15) is 10.1 Å². The fourth-order valence-corrected chi connectivity index (χ4v) is 1.10. The molecule has 0 amide bonds. The number of hydrogen-bond acceptors (Lipinski definition) is 5. The van der Waals surface area contributed by atoms with E-state index in [1.165, 1.54) is 6.21 Å². The normalized spacial score (nSPS) is 10.8. The van der Waals surface area contributed by atoms with Crippen molar-refractivity contribution >= 4 is 17.9 Å². The predicted molar refractivity (Wildman–Crippen MR) is 56.7 cm³/mol.